The first-order valence-corrected chi connectivity index (χ1v) is 7.20. The van der Waals surface area contributed by atoms with E-state index in [2.05, 4.69) is 45.8 Å². The number of benzene rings is 1. The van der Waals surface area contributed by atoms with E-state index in [0.717, 1.165) is 42.2 Å². The number of nitrogens with one attached hydrogen (secondary N) is 1. The van der Waals surface area contributed by atoms with Crippen LogP contribution in [0.3, 0.4) is 0 Å². The summed E-state index contributed by atoms with van der Waals surface area (Å²) in [6.07, 6.45) is 4.27. The predicted octanol–water partition coefficient (Wildman–Crippen LogP) is 2.48. The second-order valence-corrected chi connectivity index (χ2v) is 5.43. The summed E-state index contributed by atoms with van der Waals surface area (Å²) in [5, 5.41) is 13.9. The summed E-state index contributed by atoms with van der Waals surface area (Å²) in [4.78, 5) is 0. The molecule has 1 aromatic carbocycles. The highest BCUT2D eigenvalue weighted by atomic mass is 32.1. The molecule has 0 spiro atoms. The molecule has 1 aromatic heterocycles. The lowest BCUT2D eigenvalue weighted by molar-refractivity contribution is 0.770. The van der Waals surface area contributed by atoms with Crippen molar-refractivity contribution in [1.82, 2.24) is 15.5 Å². The highest BCUT2D eigenvalue weighted by Gasteiger charge is 2.03. The summed E-state index contributed by atoms with van der Waals surface area (Å²) in [5.74, 6) is 0. The molecule has 2 rings (SSSR count). The van der Waals surface area contributed by atoms with E-state index < -0.39 is 0 Å². The van der Waals surface area contributed by atoms with Crippen LogP contribution in [0.4, 0.5) is 0 Å². The van der Waals surface area contributed by atoms with Gasteiger partial charge in [-0.3, -0.25) is 0 Å². The zero-order chi connectivity index (χ0) is 12.6. The fourth-order valence-electron chi connectivity index (χ4n) is 1.81. The van der Waals surface area contributed by atoms with Crippen LogP contribution in [0.1, 0.15) is 22.0 Å². The van der Waals surface area contributed by atoms with Crippen molar-refractivity contribution in [2.24, 2.45) is 0 Å². The van der Waals surface area contributed by atoms with Crippen LogP contribution < -0.4 is 5.32 Å². The monoisotopic (exact) mass is 261 g/mol. The lowest BCUT2D eigenvalue weighted by atomic mass is 10.1. The van der Waals surface area contributed by atoms with Crippen molar-refractivity contribution in [2.45, 2.75) is 25.7 Å². The predicted molar refractivity (Wildman–Crippen MR) is 76.0 cm³/mol. The first-order chi connectivity index (χ1) is 8.88. The number of rotatable bonds is 7. The van der Waals surface area contributed by atoms with Crippen molar-refractivity contribution in [1.29, 1.82) is 0 Å². The molecule has 2 aromatic rings. The van der Waals surface area contributed by atoms with Crippen molar-refractivity contribution in [3.8, 4) is 0 Å². The summed E-state index contributed by atoms with van der Waals surface area (Å²) in [5.41, 5.74) is 1.40. The summed E-state index contributed by atoms with van der Waals surface area (Å²) in [6.45, 7) is 0.971. The zero-order valence-electron chi connectivity index (χ0n) is 10.7. The molecule has 0 bridgehead atoms. The summed E-state index contributed by atoms with van der Waals surface area (Å²) in [7, 11) is 1.96. The molecule has 0 saturated heterocycles. The third-order valence-electron chi connectivity index (χ3n) is 2.80. The first kappa shape index (κ1) is 13.2. The van der Waals surface area contributed by atoms with E-state index in [1.165, 1.54) is 5.56 Å². The minimum absolute atomic E-state index is 0.971. The van der Waals surface area contributed by atoms with E-state index in [1.54, 1.807) is 11.3 Å². The van der Waals surface area contributed by atoms with Gasteiger partial charge in [0.2, 0.25) is 0 Å². The Morgan fingerprint density at radius 3 is 2.44 bits per heavy atom. The van der Waals surface area contributed by atoms with Crippen molar-refractivity contribution in [3.05, 3.63) is 45.9 Å². The lowest BCUT2D eigenvalue weighted by Crippen LogP contribution is -2.09. The Balaban J connectivity index is 1.75. The quantitative estimate of drug-likeness (QED) is 0.832. The average Bonchev–Trinajstić information content (AvgIpc) is 2.85. The normalized spacial score (nSPS) is 10.7. The van der Waals surface area contributed by atoms with Gasteiger partial charge >= 0.3 is 0 Å². The number of hydrogen-bond donors (Lipinski definition) is 1. The molecular weight excluding hydrogens is 242 g/mol. The van der Waals surface area contributed by atoms with Crippen LogP contribution in [-0.4, -0.2) is 23.8 Å². The van der Waals surface area contributed by atoms with Gasteiger partial charge in [-0.05, 0) is 25.5 Å². The molecule has 1 N–H and O–H groups in total. The van der Waals surface area contributed by atoms with Crippen LogP contribution in [0, 0.1) is 0 Å². The van der Waals surface area contributed by atoms with Gasteiger partial charge < -0.3 is 5.32 Å². The van der Waals surface area contributed by atoms with Gasteiger partial charge in [-0.25, -0.2) is 0 Å². The number of aromatic nitrogens is 2. The Kier molecular flexibility index (Phi) is 5.30. The molecule has 0 saturated carbocycles. The van der Waals surface area contributed by atoms with Gasteiger partial charge in [0.1, 0.15) is 10.0 Å². The summed E-state index contributed by atoms with van der Waals surface area (Å²) >= 11 is 1.75. The van der Waals surface area contributed by atoms with Crippen LogP contribution in [-0.2, 0) is 19.3 Å². The van der Waals surface area contributed by atoms with Gasteiger partial charge in [-0.2, -0.15) is 0 Å². The van der Waals surface area contributed by atoms with Crippen LogP contribution >= 0.6 is 11.3 Å². The Labute approximate surface area is 112 Å². The highest BCUT2D eigenvalue weighted by molar-refractivity contribution is 7.11. The van der Waals surface area contributed by atoms with Gasteiger partial charge in [0, 0.05) is 19.4 Å². The van der Waals surface area contributed by atoms with Crippen molar-refractivity contribution < 1.29 is 0 Å². The standard InChI is InChI=1S/C14H19N3S/c1-15-11-10-14-17-16-13(18-14)9-5-8-12-6-3-2-4-7-12/h2-4,6-7,15H,5,8-11H2,1H3. The molecule has 0 atom stereocenters. The Morgan fingerprint density at radius 1 is 1.00 bits per heavy atom. The molecule has 18 heavy (non-hydrogen) atoms. The third-order valence-corrected chi connectivity index (χ3v) is 3.84. The van der Waals surface area contributed by atoms with Crippen molar-refractivity contribution in [2.75, 3.05) is 13.6 Å². The molecule has 0 amide bonds. The average molecular weight is 261 g/mol. The van der Waals surface area contributed by atoms with E-state index in [1.807, 2.05) is 7.05 Å². The van der Waals surface area contributed by atoms with Gasteiger partial charge in [-0.1, -0.05) is 30.3 Å². The molecule has 0 aliphatic carbocycles. The SMILES string of the molecule is CNCCc1nnc(CCCc2ccccc2)s1. The number of hydrogen-bond acceptors (Lipinski definition) is 4. The third kappa shape index (κ3) is 4.20. The molecule has 0 fully saturated rings. The fourth-order valence-corrected chi connectivity index (χ4v) is 2.70. The topological polar surface area (TPSA) is 37.8 Å². The Hall–Kier alpha value is -1.26. The zero-order valence-corrected chi connectivity index (χ0v) is 11.5. The minimum atomic E-state index is 0.971. The van der Waals surface area contributed by atoms with Gasteiger partial charge in [0.05, 0.1) is 0 Å². The van der Waals surface area contributed by atoms with E-state index in [-0.39, 0.29) is 0 Å². The Bertz CT molecular complexity index is 453. The largest absolute Gasteiger partial charge is 0.319 e. The molecule has 0 unspecified atom stereocenters. The second-order valence-electron chi connectivity index (χ2n) is 4.28. The van der Waals surface area contributed by atoms with Crippen molar-refractivity contribution in [3.63, 3.8) is 0 Å². The molecule has 0 aliphatic heterocycles. The molecule has 96 valence electrons. The second kappa shape index (κ2) is 7.24. The maximum Gasteiger partial charge on any atom is 0.118 e. The Morgan fingerprint density at radius 2 is 1.72 bits per heavy atom. The molecular formula is C14H19N3S. The molecule has 0 radical (unpaired) electrons. The fraction of sp³-hybridized carbons (Fsp3) is 0.429. The number of likely N-dealkylation sites (N-methyl/N-ethyl adjacent to an activating group) is 1. The molecule has 3 nitrogen and oxygen atoms in total. The smallest absolute Gasteiger partial charge is 0.118 e. The molecule has 0 aliphatic rings. The van der Waals surface area contributed by atoms with Gasteiger partial charge in [-0.15, -0.1) is 21.5 Å². The van der Waals surface area contributed by atoms with Gasteiger partial charge in [0.25, 0.3) is 0 Å². The highest BCUT2D eigenvalue weighted by Crippen LogP contribution is 2.13. The van der Waals surface area contributed by atoms with Crippen LogP contribution in [0.15, 0.2) is 30.3 Å². The lowest BCUT2D eigenvalue weighted by Gasteiger charge is -1.98. The van der Waals surface area contributed by atoms with E-state index >= 15 is 0 Å². The van der Waals surface area contributed by atoms with E-state index in [9.17, 15) is 0 Å². The summed E-state index contributed by atoms with van der Waals surface area (Å²) in [6, 6.07) is 10.6. The number of aryl methyl sites for hydroxylation is 2. The maximum absolute atomic E-state index is 4.24. The van der Waals surface area contributed by atoms with E-state index in [4.69, 9.17) is 0 Å². The van der Waals surface area contributed by atoms with Crippen LogP contribution in [0.25, 0.3) is 0 Å². The van der Waals surface area contributed by atoms with E-state index in [0.29, 0.717) is 0 Å². The van der Waals surface area contributed by atoms with Crippen LogP contribution in [0.2, 0.25) is 0 Å². The maximum atomic E-state index is 4.24. The van der Waals surface area contributed by atoms with Crippen molar-refractivity contribution >= 4 is 11.3 Å². The minimum Gasteiger partial charge on any atom is -0.319 e. The van der Waals surface area contributed by atoms with Gasteiger partial charge in [0.15, 0.2) is 0 Å². The number of nitrogens with zero attached hydrogens (tertiary/aromatic N) is 2. The first-order valence-electron chi connectivity index (χ1n) is 6.38. The summed E-state index contributed by atoms with van der Waals surface area (Å²) < 4.78 is 0. The van der Waals surface area contributed by atoms with Crippen LogP contribution in [0.5, 0.6) is 0 Å². The molecule has 1 heterocycles. The molecule has 4 heteroatoms.